The van der Waals surface area contributed by atoms with Crippen molar-refractivity contribution in [1.82, 2.24) is 0 Å². The second kappa shape index (κ2) is 15.2. The molecule has 0 aromatic heterocycles. The van der Waals surface area contributed by atoms with Gasteiger partial charge in [0.05, 0.1) is 22.8 Å². The van der Waals surface area contributed by atoms with Gasteiger partial charge in [0.1, 0.15) is 0 Å². The van der Waals surface area contributed by atoms with Crippen molar-refractivity contribution in [3.05, 3.63) is 58.7 Å². The van der Waals surface area contributed by atoms with Crippen molar-refractivity contribution < 1.29 is 16.5 Å². The van der Waals surface area contributed by atoms with Crippen molar-refractivity contribution in [2.75, 3.05) is 0 Å². The van der Waals surface area contributed by atoms with Crippen molar-refractivity contribution >= 4 is 22.8 Å². The molecular weight excluding hydrogens is 435 g/mol. The maximum atomic E-state index is 5.14. The van der Waals surface area contributed by atoms with Gasteiger partial charge in [-0.2, -0.15) is 0 Å². The molecule has 0 aliphatic carbocycles. The van der Waals surface area contributed by atoms with Crippen molar-refractivity contribution in [1.29, 1.82) is 0 Å². The average Bonchev–Trinajstić information content (AvgIpc) is 2.81. The first-order valence-corrected chi connectivity index (χ1v) is 12.5. The quantitative estimate of drug-likeness (QED) is 0.166. The summed E-state index contributed by atoms with van der Waals surface area (Å²) in [6, 6.07) is 13.4. The van der Waals surface area contributed by atoms with Crippen LogP contribution in [-0.2, 0) is 42.2 Å². The first-order chi connectivity index (χ1) is 15.1. The van der Waals surface area contributed by atoms with Crippen molar-refractivity contribution in [3.63, 3.8) is 0 Å². The second-order valence-electron chi connectivity index (χ2n) is 8.25. The summed E-state index contributed by atoms with van der Waals surface area (Å²) < 4.78 is 0. The van der Waals surface area contributed by atoms with Crippen LogP contribution in [0.3, 0.4) is 0 Å². The van der Waals surface area contributed by atoms with E-state index in [-0.39, 0.29) is 16.5 Å². The topological polar surface area (TPSA) is 24.7 Å². The standard InChI is InChI=1S/C29H42N2.Ni/c1-7-13-14-15-29(31-27-19-17-23(9-3)25(11-5)21-27)28(12-6)30-26-18-16-22(8-2)24(10-4)20-26;/h16-21H,7-15H2,1-6H3;. The van der Waals surface area contributed by atoms with Gasteiger partial charge in [0, 0.05) is 16.5 Å². The molecule has 0 atom stereocenters. The fraction of sp³-hybridized carbons (Fsp3) is 0.517. The van der Waals surface area contributed by atoms with Crippen LogP contribution >= 0.6 is 0 Å². The molecule has 32 heavy (non-hydrogen) atoms. The Morgan fingerprint density at radius 3 is 1.47 bits per heavy atom. The summed E-state index contributed by atoms with van der Waals surface area (Å²) in [7, 11) is 0. The van der Waals surface area contributed by atoms with E-state index in [0.717, 1.165) is 67.7 Å². The minimum atomic E-state index is 0. The van der Waals surface area contributed by atoms with Crippen LogP contribution < -0.4 is 0 Å². The Morgan fingerprint density at radius 1 is 0.594 bits per heavy atom. The first kappa shape index (κ1) is 28.3. The van der Waals surface area contributed by atoms with Crippen LogP contribution in [0.15, 0.2) is 46.4 Å². The average molecular weight is 477 g/mol. The molecule has 2 aromatic rings. The maximum absolute atomic E-state index is 5.14. The molecule has 0 heterocycles. The number of aliphatic imine (C=N–C) groups is 2. The van der Waals surface area contributed by atoms with Crippen LogP contribution in [0.4, 0.5) is 11.4 Å². The van der Waals surface area contributed by atoms with Crippen LogP contribution in [0, 0.1) is 0 Å². The van der Waals surface area contributed by atoms with Crippen molar-refractivity contribution in [2.45, 2.75) is 99.3 Å². The Kier molecular flexibility index (Phi) is 13.4. The van der Waals surface area contributed by atoms with Crippen LogP contribution in [0.2, 0.25) is 0 Å². The smallest absolute Gasteiger partial charge is 0.0636 e. The molecule has 2 nitrogen and oxygen atoms in total. The van der Waals surface area contributed by atoms with Gasteiger partial charge in [0.25, 0.3) is 0 Å². The zero-order valence-electron chi connectivity index (χ0n) is 21.0. The summed E-state index contributed by atoms with van der Waals surface area (Å²) in [5.41, 5.74) is 10.1. The second-order valence-corrected chi connectivity index (χ2v) is 8.25. The predicted octanol–water partition coefficient (Wildman–Crippen LogP) is 8.77. The number of unbranched alkanes of at least 4 members (excludes halogenated alkanes) is 2. The van der Waals surface area contributed by atoms with E-state index in [1.807, 2.05) is 0 Å². The van der Waals surface area contributed by atoms with Gasteiger partial charge in [-0.1, -0.05) is 66.5 Å². The molecular formula is C29H42N2Ni. The SMILES string of the molecule is CCCCCC(=Nc1ccc(CC)c(CC)c1)C(CC)=Nc1ccc(CC)c(CC)c1.[Ni]. The molecule has 3 heteroatoms. The van der Waals surface area contributed by atoms with Gasteiger partial charge in [0.15, 0.2) is 0 Å². The largest absolute Gasteiger partial charge is 0.252 e. The number of nitrogens with zero attached hydrogens (tertiary/aromatic N) is 2. The van der Waals surface area contributed by atoms with E-state index in [1.54, 1.807) is 0 Å². The van der Waals surface area contributed by atoms with E-state index in [9.17, 15) is 0 Å². The summed E-state index contributed by atoms with van der Waals surface area (Å²) in [5, 5.41) is 0. The normalized spacial score (nSPS) is 12.1. The zero-order chi connectivity index (χ0) is 22.6. The molecule has 0 spiro atoms. The first-order valence-electron chi connectivity index (χ1n) is 12.5. The number of hydrogen-bond acceptors (Lipinski definition) is 2. The number of hydrogen-bond donors (Lipinski definition) is 0. The molecule has 0 saturated heterocycles. The van der Waals surface area contributed by atoms with Crippen molar-refractivity contribution in [2.24, 2.45) is 9.98 Å². The maximum Gasteiger partial charge on any atom is 0.0636 e. The summed E-state index contributed by atoms with van der Waals surface area (Å²) in [6.07, 6.45) is 9.76. The molecule has 0 amide bonds. The minimum Gasteiger partial charge on any atom is -0.252 e. The monoisotopic (exact) mass is 476 g/mol. The van der Waals surface area contributed by atoms with Crippen LogP contribution in [0.1, 0.15) is 95.9 Å². The van der Waals surface area contributed by atoms with Crippen molar-refractivity contribution in [3.8, 4) is 0 Å². The summed E-state index contributed by atoms with van der Waals surface area (Å²) >= 11 is 0. The van der Waals surface area contributed by atoms with Gasteiger partial charge in [-0.25, -0.2) is 0 Å². The third kappa shape index (κ3) is 8.00. The Balaban J connectivity index is 0.00000512. The molecule has 0 saturated carbocycles. The molecule has 0 aliphatic heterocycles. The minimum absolute atomic E-state index is 0. The van der Waals surface area contributed by atoms with Crippen LogP contribution in [0.5, 0.6) is 0 Å². The fourth-order valence-corrected chi connectivity index (χ4v) is 4.18. The third-order valence-electron chi connectivity index (χ3n) is 6.12. The van der Waals surface area contributed by atoms with E-state index >= 15 is 0 Å². The third-order valence-corrected chi connectivity index (χ3v) is 6.12. The molecule has 0 bridgehead atoms. The Labute approximate surface area is 207 Å². The summed E-state index contributed by atoms with van der Waals surface area (Å²) in [6.45, 7) is 13.4. The number of benzene rings is 2. The van der Waals surface area contributed by atoms with Gasteiger partial charge in [0.2, 0.25) is 0 Å². The zero-order valence-corrected chi connectivity index (χ0v) is 22.0. The summed E-state index contributed by atoms with van der Waals surface area (Å²) in [5.74, 6) is 0. The Bertz CT molecular complexity index is 896. The predicted molar refractivity (Wildman–Crippen MR) is 139 cm³/mol. The van der Waals surface area contributed by atoms with Gasteiger partial charge in [-0.05, 0) is 91.5 Å². The molecule has 0 N–H and O–H groups in total. The Morgan fingerprint density at radius 2 is 1.06 bits per heavy atom. The van der Waals surface area contributed by atoms with Gasteiger partial charge >= 0.3 is 0 Å². The van der Waals surface area contributed by atoms with Gasteiger partial charge in [-0.3, -0.25) is 9.98 Å². The fourth-order valence-electron chi connectivity index (χ4n) is 4.18. The molecule has 0 radical (unpaired) electrons. The number of aryl methyl sites for hydroxylation is 4. The van der Waals surface area contributed by atoms with E-state index in [0.29, 0.717) is 0 Å². The van der Waals surface area contributed by atoms with E-state index in [2.05, 4.69) is 77.9 Å². The molecule has 0 fully saturated rings. The summed E-state index contributed by atoms with van der Waals surface area (Å²) in [4.78, 5) is 10.2. The molecule has 2 aromatic carbocycles. The van der Waals surface area contributed by atoms with E-state index in [1.165, 1.54) is 35.1 Å². The van der Waals surface area contributed by atoms with Crippen LogP contribution in [-0.4, -0.2) is 11.4 Å². The van der Waals surface area contributed by atoms with Gasteiger partial charge in [-0.15, -0.1) is 0 Å². The Hall–Kier alpha value is -1.73. The molecule has 0 unspecified atom stereocenters. The van der Waals surface area contributed by atoms with Crippen LogP contribution in [0.25, 0.3) is 0 Å². The molecule has 178 valence electrons. The van der Waals surface area contributed by atoms with E-state index < -0.39 is 0 Å². The van der Waals surface area contributed by atoms with Gasteiger partial charge < -0.3 is 0 Å². The molecule has 2 rings (SSSR count). The number of rotatable bonds is 12. The van der Waals surface area contributed by atoms with E-state index in [4.69, 9.17) is 9.98 Å². The molecule has 0 aliphatic rings.